The zero-order chi connectivity index (χ0) is 10.8. The largest absolute Gasteiger partial charge is 0.336 e. The molecule has 2 nitrogen and oxygen atoms in total. The fourth-order valence-electron chi connectivity index (χ4n) is 1.76. The molecule has 0 N–H and O–H groups in total. The van der Waals surface area contributed by atoms with Gasteiger partial charge in [0.05, 0.1) is 10.3 Å². The summed E-state index contributed by atoms with van der Waals surface area (Å²) in [5.41, 5.74) is 0. The van der Waals surface area contributed by atoms with Crippen molar-refractivity contribution in [3.63, 3.8) is 0 Å². The van der Waals surface area contributed by atoms with Gasteiger partial charge in [0.2, 0.25) is 0 Å². The Labute approximate surface area is 98.8 Å². The van der Waals surface area contributed by atoms with E-state index in [1.54, 1.807) is 0 Å². The van der Waals surface area contributed by atoms with Crippen molar-refractivity contribution in [3.8, 4) is 0 Å². The molecule has 1 aliphatic rings. The summed E-state index contributed by atoms with van der Waals surface area (Å²) < 4.78 is 0. The Kier molecular flexibility index (Phi) is 3.32. The summed E-state index contributed by atoms with van der Waals surface area (Å²) in [6, 6.07) is 3.77. The number of rotatable bonds is 1. The zero-order valence-electron chi connectivity index (χ0n) is 8.65. The van der Waals surface area contributed by atoms with Gasteiger partial charge in [-0.2, -0.15) is 0 Å². The van der Waals surface area contributed by atoms with Gasteiger partial charge in [-0.25, -0.2) is 0 Å². The number of thiophene rings is 1. The van der Waals surface area contributed by atoms with E-state index >= 15 is 0 Å². The predicted molar refractivity (Wildman–Crippen MR) is 63.6 cm³/mol. The highest BCUT2D eigenvalue weighted by atomic mass is 35.5. The fraction of sp³-hybridized carbons (Fsp3) is 0.545. The molecule has 2 unspecified atom stereocenters. The Morgan fingerprint density at radius 2 is 2.47 bits per heavy atom. The first kappa shape index (κ1) is 11.0. The minimum atomic E-state index is 0.0997. The maximum absolute atomic E-state index is 12.0. The third kappa shape index (κ3) is 2.34. The summed E-state index contributed by atoms with van der Waals surface area (Å²) in [5, 5.41) is 2.03. The van der Waals surface area contributed by atoms with Crippen molar-refractivity contribution < 1.29 is 4.79 Å². The quantitative estimate of drug-likeness (QED) is 0.695. The van der Waals surface area contributed by atoms with Gasteiger partial charge in [0.15, 0.2) is 0 Å². The van der Waals surface area contributed by atoms with Gasteiger partial charge in [0.1, 0.15) is 0 Å². The average molecular weight is 244 g/mol. The molecule has 4 heteroatoms. The monoisotopic (exact) mass is 243 g/mol. The van der Waals surface area contributed by atoms with Gasteiger partial charge in [0.25, 0.3) is 5.91 Å². The molecule has 1 amide bonds. The zero-order valence-corrected chi connectivity index (χ0v) is 10.2. The van der Waals surface area contributed by atoms with Crippen molar-refractivity contribution in [2.24, 2.45) is 5.92 Å². The van der Waals surface area contributed by atoms with E-state index in [0.29, 0.717) is 12.5 Å². The number of likely N-dealkylation sites (tertiary alicyclic amines) is 1. The molecule has 0 spiro atoms. The molecule has 0 aliphatic carbocycles. The van der Waals surface area contributed by atoms with Crippen molar-refractivity contribution in [2.75, 3.05) is 13.1 Å². The van der Waals surface area contributed by atoms with E-state index in [0.717, 1.165) is 17.8 Å². The predicted octanol–water partition coefficient (Wildman–Crippen LogP) is 2.84. The fourth-order valence-corrected chi connectivity index (χ4v) is 2.75. The molecule has 0 aromatic carbocycles. The van der Waals surface area contributed by atoms with Crippen LogP contribution >= 0.6 is 22.9 Å². The second kappa shape index (κ2) is 4.54. The minimum absolute atomic E-state index is 0.0997. The maximum Gasteiger partial charge on any atom is 0.263 e. The summed E-state index contributed by atoms with van der Waals surface area (Å²) in [7, 11) is 0. The van der Waals surface area contributed by atoms with Crippen LogP contribution in [-0.2, 0) is 0 Å². The molecule has 1 saturated heterocycles. The van der Waals surface area contributed by atoms with Crippen molar-refractivity contribution in [1.82, 2.24) is 4.90 Å². The van der Waals surface area contributed by atoms with Crippen molar-refractivity contribution >= 4 is 28.8 Å². The Balaban J connectivity index is 2.03. The molecule has 15 heavy (non-hydrogen) atoms. The Bertz CT molecular complexity index is 338. The summed E-state index contributed by atoms with van der Waals surface area (Å²) >= 11 is 7.67. The number of carbonyl (C=O) groups is 1. The molecule has 2 atom stereocenters. The van der Waals surface area contributed by atoms with Gasteiger partial charge in [0, 0.05) is 13.1 Å². The van der Waals surface area contributed by atoms with E-state index in [1.165, 1.54) is 11.3 Å². The molecule has 0 saturated carbocycles. The first-order valence-corrected chi connectivity index (χ1v) is 6.47. The molecule has 0 bridgehead atoms. The van der Waals surface area contributed by atoms with Crippen molar-refractivity contribution in [1.29, 1.82) is 0 Å². The molecule has 1 fully saturated rings. The summed E-state index contributed by atoms with van der Waals surface area (Å²) in [5.74, 6) is 0.640. The second-order valence-corrected chi connectivity index (χ2v) is 5.52. The van der Waals surface area contributed by atoms with E-state index < -0.39 is 0 Å². The first-order chi connectivity index (χ1) is 7.18. The molecule has 82 valence electrons. The van der Waals surface area contributed by atoms with Crippen LogP contribution in [0.2, 0.25) is 0 Å². The van der Waals surface area contributed by atoms with Gasteiger partial charge in [-0.3, -0.25) is 4.79 Å². The summed E-state index contributed by atoms with van der Waals surface area (Å²) in [6.45, 7) is 3.66. The molecule has 1 aliphatic heterocycles. The number of hydrogen-bond donors (Lipinski definition) is 0. The van der Waals surface area contributed by atoms with Crippen LogP contribution < -0.4 is 0 Å². The molecular formula is C11H14ClNOS. The Morgan fingerprint density at radius 3 is 3.07 bits per heavy atom. The van der Waals surface area contributed by atoms with Crippen LogP contribution in [0, 0.1) is 5.92 Å². The van der Waals surface area contributed by atoms with E-state index in [4.69, 9.17) is 11.6 Å². The van der Waals surface area contributed by atoms with Gasteiger partial charge < -0.3 is 4.90 Å². The Hall–Kier alpha value is -0.540. The number of alkyl halides is 1. The van der Waals surface area contributed by atoms with Crippen molar-refractivity contribution in [3.05, 3.63) is 22.4 Å². The van der Waals surface area contributed by atoms with Crippen LogP contribution in [0.25, 0.3) is 0 Å². The normalized spacial score (nSPS) is 26.7. The average Bonchev–Trinajstić information content (AvgIpc) is 2.74. The third-order valence-corrected chi connectivity index (χ3v) is 4.31. The molecule has 1 aromatic heterocycles. The highest BCUT2D eigenvalue weighted by Crippen LogP contribution is 2.23. The standard InChI is InChI=1S/C11H14ClNOS/c1-8-4-5-13(7-9(8)12)11(14)10-3-2-6-15-10/h2-3,6,8-9H,4-5,7H2,1H3. The lowest BCUT2D eigenvalue weighted by Crippen LogP contribution is -2.43. The number of piperidine rings is 1. The van der Waals surface area contributed by atoms with E-state index in [-0.39, 0.29) is 11.3 Å². The lowest BCUT2D eigenvalue weighted by atomic mass is 9.98. The number of hydrogen-bond acceptors (Lipinski definition) is 2. The van der Waals surface area contributed by atoms with Gasteiger partial charge in [-0.05, 0) is 23.8 Å². The van der Waals surface area contributed by atoms with Gasteiger partial charge in [-0.1, -0.05) is 13.0 Å². The van der Waals surface area contributed by atoms with Crippen LogP contribution in [0.4, 0.5) is 0 Å². The maximum atomic E-state index is 12.0. The number of halogens is 1. The van der Waals surface area contributed by atoms with Crippen LogP contribution in [0.1, 0.15) is 23.0 Å². The highest BCUT2D eigenvalue weighted by molar-refractivity contribution is 7.12. The second-order valence-electron chi connectivity index (χ2n) is 4.01. The molecule has 1 aromatic rings. The van der Waals surface area contributed by atoms with Crippen LogP contribution in [-0.4, -0.2) is 29.3 Å². The van der Waals surface area contributed by atoms with Crippen LogP contribution in [0.3, 0.4) is 0 Å². The smallest absolute Gasteiger partial charge is 0.263 e. The molecular weight excluding hydrogens is 230 g/mol. The highest BCUT2D eigenvalue weighted by Gasteiger charge is 2.28. The molecule has 2 heterocycles. The summed E-state index contributed by atoms with van der Waals surface area (Å²) in [4.78, 5) is 14.7. The van der Waals surface area contributed by atoms with Gasteiger partial charge in [-0.15, -0.1) is 22.9 Å². The molecule has 2 rings (SSSR count). The number of nitrogens with zero attached hydrogens (tertiary/aromatic N) is 1. The van der Waals surface area contributed by atoms with E-state index in [1.807, 2.05) is 22.4 Å². The first-order valence-electron chi connectivity index (χ1n) is 5.15. The SMILES string of the molecule is CC1CCN(C(=O)c2cccs2)CC1Cl. The minimum Gasteiger partial charge on any atom is -0.336 e. The van der Waals surface area contributed by atoms with Gasteiger partial charge >= 0.3 is 0 Å². The number of amides is 1. The third-order valence-electron chi connectivity index (χ3n) is 2.89. The van der Waals surface area contributed by atoms with E-state index in [2.05, 4.69) is 6.92 Å². The van der Waals surface area contributed by atoms with Crippen molar-refractivity contribution in [2.45, 2.75) is 18.7 Å². The topological polar surface area (TPSA) is 20.3 Å². The van der Waals surface area contributed by atoms with Crippen LogP contribution in [0.5, 0.6) is 0 Å². The number of carbonyl (C=O) groups excluding carboxylic acids is 1. The van der Waals surface area contributed by atoms with E-state index in [9.17, 15) is 4.79 Å². The van der Waals surface area contributed by atoms with Crippen LogP contribution in [0.15, 0.2) is 17.5 Å². The lowest BCUT2D eigenvalue weighted by Gasteiger charge is -2.33. The molecule has 0 radical (unpaired) electrons. The Morgan fingerprint density at radius 1 is 1.67 bits per heavy atom. The summed E-state index contributed by atoms with van der Waals surface area (Å²) in [6.07, 6.45) is 1.01. The lowest BCUT2D eigenvalue weighted by molar-refractivity contribution is 0.0706.